The van der Waals surface area contributed by atoms with Crippen LogP contribution in [0.5, 0.6) is 0 Å². The number of hydrogen-bond donors (Lipinski definition) is 3. The summed E-state index contributed by atoms with van der Waals surface area (Å²) in [6.45, 7) is 2.04. The first-order valence-corrected chi connectivity index (χ1v) is 3.30. The van der Waals surface area contributed by atoms with Gasteiger partial charge >= 0.3 is 0 Å². The van der Waals surface area contributed by atoms with Crippen molar-refractivity contribution in [2.24, 2.45) is 5.73 Å². The van der Waals surface area contributed by atoms with Crippen LogP contribution in [-0.2, 0) is 0 Å². The fourth-order valence-electron chi connectivity index (χ4n) is 0.589. The topological polar surface area (TPSA) is 66.5 Å². The van der Waals surface area contributed by atoms with Gasteiger partial charge in [-0.3, -0.25) is 0 Å². The first-order chi connectivity index (χ1) is 4.18. The number of aliphatic hydroxyl groups excluding tert-OH is 1. The molecule has 9 heavy (non-hydrogen) atoms. The van der Waals surface area contributed by atoms with Crippen molar-refractivity contribution >= 4 is 0 Å². The van der Waals surface area contributed by atoms with Crippen LogP contribution in [0, 0.1) is 0 Å². The quantitative estimate of drug-likeness (QED) is 0.466. The molecule has 0 spiro atoms. The standard InChI is InChI=1S/C6H15NO2/c1-2-3-4-5(7)6(8)9/h5-6,8-9H,2-4,7H2,1H3. The van der Waals surface area contributed by atoms with Crippen LogP contribution in [0.25, 0.3) is 0 Å². The van der Waals surface area contributed by atoms with E-state index in [0.29, 0.717) is 6.42 Å². The Morgan fingerprint density at radius 2 is 2.00 bits per heavy atom. The van der Waals surface area contributed by atoms with Gasteiger partial charge < -0.3 is 15.9 Å². The molecule has 0 bridgehead atoms. The van der Waals surface area contributed by atoms with Crippen molar-refractivity contribution in [3.05, 3.63) is 0 Å². The molecule has 0 heterocycles. The van der Waals surface area contributed by atoms with Crippen LogP contribution < -0.4 is 5.73 Å². The van der Waals surface area contributed by atoms with Crippen molar-refractivity contribution in [2.75, 3.05) is 0 Å². The van der Waals surface area contributed by atoms with Crippen LogP contribution in [0.4, 0.5) is 0 Å². The second-order valence-corrected chi connectivity index (χ2v) is 2.22. The van der Waals surface area contributed by atoms with Crippen LogP contribution in [0.1, 0.15) is 26.2 Å². The van der Waals surface area contributed by atoms with Gasteiger partial charge in [0.1, 0.15) is 0 Å². The Hall–Kier alpha value is -0.120. The Bertz CT molecular complexity index is 66.1. The van der Waals surface area contributed by atoms with Gasteiger partial charge in [0.15, 0.2) is 6.29 Å². The minimum Gasteiger partial charge on any atom is -0.367 e. The van der Waals surface area contributed by atoms with Crippen LogP contribution in [0.3, 0.4) is 0 Å². The third kappa shape index (κ3) is 4.39. The molecule has 0 radical (unpaired) electrons. The molecular formula is C6H15NO2. The largest absolute Gasteiger partial charge is 0.367 e. The van der Waals surface area contributed by atoms with E-state index in [9.17, 15) is 0 Å². The van der Waals surface area contributed by atoms with E-state index >= 15 is 0 Å². The molecule has 0 amide bonds. The molecule has 1 unspecified atom stereocenters. The predicted molar refractivity (Wildman–Crippen MR) is 35.7 cm³/mol. The third-order valence-electron chi connectivity index (χ3n) is 1.27. The van der Waals surface area contributed by atoms with E-state index in [1.165, 1.54) is 0 Å². The van der Waals surface area contributed by atoms with Crippen molar-refractivity contribution in [1.82, 2.24) is 0 Å². The number of aliphatic hydroxyl groups is 2. The molecule has 0 aliphatic rings. The molecule has 0 aromatic carbocycles. The Labute approximate surface area is 55.5 Å². The Kier molecular flexibility index (Phi) is 4.67. The van der Waals surface area contributed by atoms with Gasteiger partial charge in [-0.25, -0.2) is 0 Å². The molecule has 0 fully saturated rings. The molecule has 0 saturated carbocycles. The van der Waals surface area contributed by atoms with Gasteiger partial charge in [0.25, 0.3) is 0 Å². The summed E-state index contributed by atoms with van der Waals surface area (Å²) in [5.41, 5.74) is 5.30. The summed E-state index contributed by atoms with van der Waals surface area (Å²) in [4.78, 5) is 0. The molecule has 1 atom stereocenters. The lowest BCUT2D eigenvalue weighted by Crippen LogP contribution is -2.34. The molecule has 0 aromatic heterocycles. The molecule has 0 aromatic rings. The molecular weight excluding hydrogens is 118 g/mol. The van der Waals surface area contributed by atoms with Gasteiger partial charge in [0.2, 0.25) is 0 Å². The Morgan fingerprint density at radius 1 is 1.44 bits per heavy atom. The molecule has 0 aliphatic carbocycles. The summed E-state index contributed by atoms with van der Waals surface area (Å²) in [5, 5.41) is 17.0. The average Bonchev–Trinajstić information content (AvgIpc) is 1.82. The molecule has 3 nitrogen and oxygen atoms in total. The van der Waals surface area contributed by atoms with Crippen LogP contribution in [0.15, 0.2) is 0 Å². The maximum absolute atomic E-state index is 8.48. The second-order valence-electron chi connectivity index (χ2n) is 2.22. The van der Waals surface area contributed by atoms with E-state index in [4.69, 9.17) is 15.9 Å². The SMILES string of the molecule is CCCCC(N)C(O)O. The minimum absolute atomic E-state index is 0.468. The highest BCUT2D eigenvalue weighted by atomic mass is 16.5. The molecule has 0 saturated heterocycles. The number of hydrogen-bond acceptors (Lipinski definition) is 3. The Balaban J connectivity index is 3.16. The highest BCUT2D eigenvalue weighted by Crippen LogP contribution is 1.99. The average molecular weight is 133 g/mol. The molecule has 0 rings (SSSR count). The first kappa shape index (κ1) is 8.88. The summed E-state index contributed by atoms with van der Waals surface area (Å²) in [6.07, 6.45) is 1.34. The molecule has 56 valence electrons. The maximum atomic E-state index is 8.48. The normalized spacial score (nSPS) is 14.3. The van der Waals surface area contributed by atoms with E-state index in [-0.39, 0.29) is 0 Å². The van der Waals surface area contributed by atoms with Crippen molar-refractivity contribution in [2.45, 2.75) is 38.5 Å². The second kappa shape index (κ2) is 4.73. The zero-order chi connectivity index (χ0) is 7.28. The fourth-order valence-corrected chi connectivity index (χ4v) is 0.589. The number of rotatable bonds is 4. The summed E-state index contributed by atoms with van der Waals surface area (Å²) in [6, 6.07) is -0.468. The van der Waals surface area contributed by atoms with Crippen LogP contribution in [-0.4, -0.2) is 22.5 Å². The summed E-state index contributed by atoms with van der Waals surface area (Å²) >= 11 is 0. The first-order valence-electron chi connectivity index (χ1n) is 3.30. The summed E-state index contributed by atoms with van der Waals surface area (Å²) < 4.78 is 0. The van der Waals surface area contributed by atoms with Crippen molar-refractivity contribution in [3.63, 3.8) is 0 Å². The van der Waals surface area contributed by atoms with Crippen molar-refractivity contribution < 1.29 is 10.2 Å². The fraction of sp³-hybridized carbons (Fsp3) is 1.00. The van der Waals surface area contributed by atoms with Gasteiger partial charge in [0, 0.05) is 0 Å². The highest BCUT2D eigenvalue weighted by Gasteiger charge is 2.08. The summed E-state index contributed by atoms with van der Waals surface area (Å²) in [5.74, 6) is 0. The molecule has 0 aliphatic heterocycles. The smallest absolute Gasteiger partial charge is 0.166 e. The molecule has 4 N–H and O–H groups in total. The van der Waals surface area contributed by atoms with E-state index in [2.05, 4.69) is 0 Å². The minimum atomic E-state index is -1.35. The predicted octanol–water partition coefficient (Wildman–Crippen LogP) is -0.185. The van der Waals surface area contributed by atoms with E-state index < -0.39 is 12.3 Å². The zero-order valence-electron chi connectivity index (χ0n) is 5.75. The van der Waals surface area contributed by atoms with Crippen molar-refractivity contribution in [3.8, 4) is 0 Å². The van der Waals surface area contributed by atoms with Gasteiger partial charge in [0.05, 0.1) is 6.04 Å². The number of unbranched alkanes of at least 4 members (excludes halogenated alkanes) is 1. The van der Waals surface area contributed by atoms with E-state index in [0.717, 1.165) is 12.8 Å². The highest BCUT2D eigenvalue weighted by molar-refractivity contribution is 4.61. The lowest BCUT2D eigenvalue weighted by Gasteiger charge is -2.11. The lowest BCUT2D eigenvalue weighted by molar-refractivity contribution is -0.0598. The zero-order valence-corrected chi connectivity index (χ0v) is 5.75. The van der Waals surface area contributed by atoms with Gasteiger partial charge in [-0.05, 0) is 6.42 Å². The number of nitrogens with two attached hydrogens (primary N) is 1. The summed E-state index contributed by atoms with van der Waals surface area (Å²) in [7, 11) is 0. The van der Waals surface area contributed by atoms with E-state index in [1.54, 1.807) is 0 Å². The lowest BCUT2D eigenvalue weighted by atomic mass is 10.1. The van der Waals surface area contributed by atoms with E-state index in [1.807, 2.05) is 6.92 Å². The van der Waals surface area contributed by atoms with Crippen molar-refractivity contribution in [1.29, 1.82) is 0 Å². The van der Waals surface area contributed by atoms with Gasteiger partial charge in [-0.1, -0.05) is 19.8 Å². The Morgan fingerprint density at radius 3 is 2.33 bits per heavy atom. The van der Waals surface area contributed by atoms with Gasteiger partial charge in [-0.15, -0.1) is 0 Å². The van der Waals surface area contributed by atoms with Crippen LogP contribution in [0.2, 0.25) is 0 Å². The van der Waals surface area contributed by atoms with Gasteiger partial charge in [-0.2, -0.15) is 0 Å². The molecule has 3 heteroatoms. The van der Waals surface area contributed by atoms with Crippen LogP contribution >= 0.6 is 0 Å². The third-order valence-corrected chi connectivity index (χ3v) is 1.27. The maximum Gasteiger partial charge on any atom is 0.166 e. The monoisotopic (exact) mass is 133 g/mol.